The van der Waals surface area contributed by atoms with Crippen LogP contribution >= 0.6 is 11.8 Å². The summed E-state index contributed by atoms with van der Waals surface area (Å²) >= 11 is 1.55. The molecule has 0 N–H and O–H groups in total. The van der Waals surface area contributed by atoms with Crippen molar-refractivity contribution < 1.29 is 4.79 Å². The first kappa shape index (κ1) is 14.8. The summed E-state index contributed by atoms with van der Waals surface area (Å²) < 4.78 is 2.51. The number of Topliss-reactive ketones (excluding diaryl/α,β-unsaturated/α-hetero) is 1. The summed E-state index contributed by atoms with van der Waals surface area (Å²) in [4.78, 5) is 39.1. The monoisotopic (exact) mass is 295 g/mol. The fourth-order valence-corrected chi connectivity index (χ4v) is 3.03. The molecule has 2 heterocycles. The standard InChI is InChI=1S/C13H17N3O3S/c1-8(17)5-4-6-20-10-7-9-11(14-10)15(2)13(19)16(3)12(9)18/h4-7H2,1-3H3. The predicted molar refractivity (Wildman–Crippen MR) is 80.1 cm³/mol. The van der Waals surface area contributed by atoms with Crippen molar-refractivity contribution in [3.63, 3.8) is 0 Å². The summed E-state index contributed by atoms with van der Waals surface area (Å²) in [7, 11) is 3.09. The lowest BCUT2D eigenvalue weighted by atomic mass is 10.2. The topological polar surface area (TPSA) is 73.4 Å². The summed E-state index contributed by atoms with van der Waals surface area (Å²) in [5.41, 5.74) is -0.0600. The molecule has 1 aliphatic rings. The van der Waals surface area contributed by atoms with Crippen LogP contribution in [-0.2, 0) is 25.3 Å². The minimum absolute atomic E-state index is 0.179. The molecule has 0 bridgehead atoms. The van der Waals surface area contributed by atoms with E-state index in [2.05, 4.69) is 4.99 Å². The first-order valence-electron chi connectivity index (χ1n) is 6.40. The lowest BCUT2D eigenvalue weighted by Crippen LogP contribution is -2.38. The Morgan fingerprint density at radius 3 is 2.65 bits per heavy atom. The van der Waals surface area contributed by atoms with E-state index in [9.17, 15) is 14.4 Å². The maximum Gasteiger partial charge on any atom is 0.332 e. The molecule has 0 aliphatic carbocycles. The Balaban J connectivity index is 2.14. The summed E-state index contributed by atoms with van der Waals surface area (Å²) in [5.74, 6) is 1.44. The molecule has 1 aliphatic heterocycles. The van der Waals surface area contributed by atoms with Crippen LogP contribution in [0.15, 0.2) is 14.6 Å². The van der Waals surface area contributed by atoms with Crippen LogP contribution < -0.4 is 11.2 Å². The quantitative estimate of drug-likeness (QED) is 0.769. The Labute approximate surface area is 120 Å². The van der Waals surface area contributed by atoms with Gasteiger partial charge < -0.3 is 4.79 Å². The number of ketones is 1. The van der Waals surface area contributed by atoms with E-state index in [-0.39, 0.29) is 17.0 Å². The number of carbonyl (C=O) groups is 1. The van der Waals surface area contributed by atoms with Crippen molar-refractivity contribution in [1.82, 2.24) is 9.13 Å². The number of carbonyl (C=O) groups excluding carboxylic acids is 1. The molecule has 0 saturated heterocycles. The average molecular weight is 295 g/mol. The molecule has 6 nitrogen and oxygen atoms in total. The summed E-state index contributed by atoms with van der Waals surface area (Å²) in [5, 5.41) is 0.835. The van der Waals surface area contributed by atoms with Gasteiger partial charge in [0.1, 0.15) is 11.6 Å². The molecule has 0 spiro atoms. The molecule has 0 aromatic carbocycles. The minimum Gasteiger partial charge on any atom is -0.300 e. The van der Waals surface area contributed by atoms with E-state index >= 15 is 0 Å². The zero-order chi connectivity index (χ0) is 14.9. The van der Waals surface area contributed by atoms with E-state index in [1.54, 1.807) is 25.7 Å². The van der Waals surface area contributed by atoms with Crippen molar-refractivity contribution in [2.75, 3.05) is 5.75 Å². The van der Waals surface area contributed by atoms with Crippen molar-refractivity contribution >= 4 is 28.4 Å². The fourth-order valence-electron chi connectivity index (χ4n) is 2.10. The van der Waals surface area contributed by atoms with E-state index in [4.69, 9.17) is 0 Å². The van der Waals surface area contributed by atoms with Gasteiger partial charge in [-0.05, 0) is 19.1 Å². The normalized spacial score (nSPS) is 13.2. The highest BCUT2D eigenvalue weighted by Gasteiger charge is 2.23. The minimum atomic E-state index is -0.361. The van der Waals surface area contributed by atoms with Gasteiger partial charge in [0.25, 0.3) is 5.56 Å². The number of aromatic nitrogens is 2. The number of rotatable bonds is 4. The Morgan fingerprint density at radius 2 is 2.00 bits per heavy atom. The zero-order valence-electron chi connectivity index (χ0n) is 11.8. The Kier molecular flexibility index (Phi) is 4.27. The number of fused-ring (bicyclic) bond motifs is 1. The van der Waals surface area contributed by atoms with Gasteiger partial charge in [-0.15, -0.1) is 11.8 Å². The molecular formula is C13H17N3O3S. The van der Waals surface area contributed by atoms with Gasteiger partial charge in [-0.3, -0.25) is 13.9 Å². The Bertz CT molecular complexity index is 700. The van der Waals surface area contributed by atoms with Crippen LogP contribution in [0.3, 0.4) is 0 Å². The lowest BCUT2D eigenvalue weighted by molar-refractivity contribution is -0.117. The molecule has 0 atom stereocenters. The number of aliphatic imine (C=N–C) groups is 1. The molecular weight excluding hydrogens is 278 g/mol. The van der Waals surface area contributed by atoms with Gasteiger partial charge in [0.2, 0.25) is 0 Å². The second-order valence-electron chi connectivity index (χ2n) is 4.84. The third-order valence-corrected chi connectivity index (χ3v) is 4.29. The molecule has 0 radical (unpaired) electrons. The molecule has 108 valence electrons. The smallest absolute Gasteiger partial charge is 0.300 e. The van der Waals surface area contributed by atoms with Crippen molar-refractivity contribution in [1.29, 1.82) is 0 Å². The van der Waals surface area contributed by atoms with Gasteiger partial charge in [-0.2, -0.15) is 0 Å². The largest absolute Gasteiger partial charge is 0.332 e. The van der Waals surface area contributed by atoms with Crippen LogP contribution in [0.1, 0.15) is 25.3 Å². The van der Waals surface area contributed by atoms with E-state index < -0.39 is 0 Å². The van der Waals surface area contributed by atoms with Crippen molar-refractivity contribution in [3.05, 3.63) is 26.4 Å². The van der Waals surface area contributed by atoms with E-state index in [1.807, 2.05) is 0 Å². The summed E-state index contributed by atoms with van der Waals surface area (Å²) in [6, 6.07) is 0. The first-order valence-corrected chi connectivity index (χ1v) is 7.39. The summed E-state index contributed by atoms with van der Waals surface area (Å²) in [6.07, 6.45) is 1.83. The molecule has 7 heteroatoms. The van der Waals surface area contributed by atoms with Gasteiger partial charge in [0, 0.05) is 26.9 Å². The van der Waals surface area contributed by atoms with Crippen LogP contribution in [0.5, 0.6) is 0 Å². The van der Waals surface area contributed by atoms with E-state index in [1.165, 1.54) is 11.6 Å². The third-order valence-electron chi connectivity index (χ3n) is 3.22. The van der Waals surface area contributed by atoms with E-state index in [0.29, 0.717) is 24.2 Å². The Hall–Kier alpha value is -1.63. The first-order chi connectivity index (χ1) is 9.41. The molecule has 2 rings (SSSR count). The molecule has 20 heavy (non-hydrogen) atoms. The van der Waals surface area contributed by atoms with Crippen LogP contribution in [0.4, 0.5) is 5.82 Å². The number of hydrogen-bond donors (Lipinski definition) is 0. The predicted octanol–water partition coefficient (Wildman–Crippen LogP) is 0.772. The zero-order valence-corrected chi connectivity index (χ0v) is 12.6. The van der Waals surface area contributed by atoms with Crippen molar-refractivity contribution in [2.24, 2.45) is 19.1 Å². The Morgan fingerprint density at radius 1 is 1.30 bits per heavy atom. The second kappa shape index (κ2) is 5.78. The lowest BCUT2D eigenvalue weighted by Gasteiger charge is -2.05. The van der Waals surface area contributed by atoms with Crippen LogP contribution in [0.2, 0.25) is 0 Å². The second-order valence-corrected chi connectivity index (χ2v) is 6.01. The molecule has 1 aromatic rings. The highest BCUT2D eigenvalue weighted by atomic mass is 32.2. The SMILES string of the molecule is CC(=O)CCCSC1=Nc2c(c(=O)n(C)c(=O)n2C)C1. The average Bonchev–Trinajstić information content (AvgIpc) is 2.83. The van der Waals surface area contributed by atoms with Gasteiger partial charge >= 0.3 is 5.69 Å². The van der Waals surface area contributed by atoms with Crippen LogP contribution in [-0.4, -0.2) is 25.7 Å². The number of hydrogen-bond acceptors (Lipinski definition) is 5. The molecule has 0 unspecified atom stereocenters. The van der Waals surface area contributed by atoms with Crippen molar-refractivity contribution in [3.8, 4) is 0 Å². The maximum atomic E-state index is 12.0. The molecule has 1 aromatic heterocycles. The van der Waals surface area contributed by atoms with Gasteiger partial charge in [0.05, 0.1) is 10.6 Å². The maximum absolute atomic E-state index is 12.0. The highest BCUT2D eigenvalue weighted by Crippen LogP contribution is 2.26. The van der Waals surface area contributed by atoms with E-state index in [0.717, 1.165) is 21.8 Å². The molecule has 0 amide bonds. The summed E-state index contributed by atoms with van der Waals surface area (Å²) in [6.45, 7) is 1.58. The van der Waals surface area contributed by atoms with Crippen LogP contribution in [0.25, 0.3) is 0 Å². The fraction of sp³-hybridized carbons (Fsp3) is 0.538. The molecule has 0 fully saturated rings. The van der Waals surface area contributed by atoms with Crippen molar-refractivity contribution in [2.45, 2.75) is 26.2 Å². The van der Waals surface area contributed by atoms with Gasteiger partial charge in [0.15, 0.2) is 0 Å². The number of thioether (sulfide) groups is 1. The van der Waals surface area contributed by atoms with Gasteiger partial charge in [-0.25, -0.2) is 9.79 Å². The number of nitrogens with zero attached hydrogens (tertiary/aromatic N) is 3. The third kappa shape index (κ3) is 2.77. The molecule has 0 saturated carbocycles. The highest BCUT2D eigenvalue weighted by molar-refractivity contribution is 8.14. The van der Waals surface area contributed by atoms with Gasteiger partial charge in [-0.1, -0.05) is 0 Å². The van der Waals surface area contributed by atoms with Crippen LogP contribution in [0, 0.1) is 0 Å².